The second kappa shape index (κ2) is 6.75. The Morgan fingerprint density at radius 2 is 1.85 bits per heavy atom. The number of amides is 1. The maximum absolute atomic E-state index is 13.3. The van der Waals surface area contributed by atoms with Crippen LogP contribution >= 0.6 is 0 Å². The molecule has 2 aliphatic rings. The molecule has 0 aliphatic carbocycles. The van der Waals surface area contributed by atoms with E-state index in [-0.39, 0.29) is 11.9 Å². The molecular formula is C19H25N7O. The van der Waals surface area contributed by atoms with Crippen LogP contribution in [0.25, 0.3) is 0 Å². The van der Waals surface area contributed by atoms with Crippen molar-refractivity contribution < 1.29 is 4.79 Å². The number of carbonyl (C=O) groups excluding carboxylic acids is 1. The van der Waals surface area contributed by atoms with Crippen molar-refractivity contribution in [2.45, 2.75) is 25.8 Å². The summed E-state index contributed by atoms with van der Waals surface area (Å²) < 4.78 is 0. The zero-order chi connectivity index (χ0) is 19.0. The molecule has 2 saturated heterocycles. The number of aromatic nitrogens is 4. The number of nitrogens with zero attached hydrogens (tertiary/aromatic N) is 7. The van der Waals surface area contributed by atoms with Crippen LogP contribution in [0.2, 0.25) is 0 Å². The number of aryl methyl sites for hydroxylation is 1. The van der Waals surface area contributed by atoms with Crippen molar-refractivity contribution in [2.75, 3.05) is 43.5 Å². The largest absolute Gasteiger partial charge is 0.348 e. The Labute approximate surface area is 159 Å². The lowest BCUT2D eigenvalue weighted by Gasteiger charge is -2.45. The van der Waals surface area contributed by atoms with Gasteiger partial charge in [0.2, 0.25) is 17.8 Å². The van der Waals surface area contributed by atoms with Gasteiger partial charge in [0.1, 0.15) is 0 Å². The molecule has 0 N–H and O–H groups in total. The number of carbonyl (C=O) groups is 1. The lowest BCUT2D eigenvalue weighted by atomic mass is 9.74. The minimum Gasteiger partial charge on any atom is -0.348 e. The summed E-state index contributed by atoms with van der Waals surface area (Å²) in [5, 5.41) is 0. The average molecular weight is 367 g/mol. The third-order valence-electron chi connectivity index (χ3n) is 5.59. The lowest BCUT2D eigenvalue weighted by molar-refractivity contribution is -0.140. The predicted octanol–water partition coefficient (Wildman–Crippen LogP) is 1.14. The van der Waals surface area contributed by atoms with Crippen LogP contribution in [0.1, 0.15) is 18.4 Å². The van der Waals surface area contributed by atoms with Crippen molar-refractivity contribution in [3.63, 3.8) is 0 Å². The number of hydrogen-bond donors (Lipinski definition) is 0. The van der Waals surface area contributed by atoms with E-state index in [1.165, 1.54) is 0 Å². The van der Waals surface area contributed by atoms with Gasteiger partial charge in [0, 0.05) is 58.5 Å². The van der Waals surface area contributed by atoms with E-state index in [1.807, 2.05) is 39.5 Å². The maximum atomic E-state index is 13.3. The Hall–Kier alpha value is -2.77. The molecular weight excluding hydrogens is 342 g/mol. The highest BCUT2D eigenvalue weighted by Gasteiger charge is 2.57. The molecule has 0 radical (unpaired) electrons. The van der Waals surface area contributed by atoms with E-state index in [4.69, 9.17) is 0 Å². The van der Waals surface area contributed by atoms with Crippen LogP contribution in [0, 0.1) is 12.3 Å². The van der Waals surface area contributed by atoms with E-state index < -0.39 is 5.41 Å². The van der Waals surface area contributed by atoms with Gasteiger partial charge in [-0.2, -0.15) is 0 Å². The monoisotopic (exact) mass is 367 g/mol. The fraction of sp³-hybridized carbons (Fsp3) is 0.526. The zero-order valence-corrected chi connectivity index (χ0v) is 16.0. The van der Waals surface area contributed by atoms with Crippen molar-refractivity contribution in [3.05, 3.63) is 36.4 Å². The zero-order valence-electron chi connectivity index (χ0n) is 16.0. The first-order valence-corrected chi connectivity index (χ1v) is 9.30. The highest BCUT2D eigenvalue weighted by Crippen LogP contribution is 2.44. The summed E-state index contributed by atoms with van der Waals surface area (Å²) in [5.41, 5.74) is 0.517. The average Bonchev–Trinajstić information content (AvgIpc) is 3.09. The molecule has 2 aromatic rings. The summed E-state index contributed by atoms with van der Waals surface area (Å²) in [7, 11) is 3.66. The molecule has 2 aromatic heterocycles. The van der Waals surface area contributed by atoms with Gasteiger partial charge in [-0.3, -0.25) is 4.79 Å². The molecule has 2 atom stereocenters. The molecule has 0 saturated carbocycles. The number of rotatable bonds is 3. The Bertz CT molecular complexity index is 811. The third kappa shape index (κ3) is 2.98. The fourth-order valence-corrected chi connectivity index (χ4v) is 4.40. The van der Waals surface area contributed by atoms with E-state index in [0.717, 1.165) is 24.9 Å². The molecule has 1 amide bonds. The highest BCUT2D eigenvalue weighted by atomic mass is 16.2. The van der Waals surface area contributed by atoms with Gasteiger partial charge >= 0.3 is 0 Å². The number of piperidine rings is 1. The number of hydrogen-bond acceptors (Lipinski definition) is 7. The first-order chi connectivity index (χ1) is 13.0. The van der Waals surface area contributed by atoms with Gasteiger partial charge in [-0.1, -0.05) is 0 Å². The standard InChI is InChI=1S/C19H25N7O/c1-14-10-22-17(23-11-14)25-12-15-19(13-25,16(27)24(2)3)6-4-9-26(15)18-20-7-5-8-21-18/h5,7-8,10-11,15H,4,6,9,12-13H2,1-3H3/t15-,19-/m1/s1. The first-order valence-electron chi connectivity index (χ1n) is 9.30. The van der Waals surface area contributed by atoms with Gasteiger partial charge in [0.15, 0.2) is 0 Å². The molecule has 2 fully saturated rings. The van der Waals surface area contributed by atoms with Crippen molar-refractivity contribution in [1.29, 1.82) is 0 Å². The van der Waals surface area contributed by atoms with Crippen LogP contribution in [0.4, 0.5) is 11.9 Å². The smallest absolute Gasteiger partial charge is 0.232 e. The van der Waals surface area contributed by atoms with Gasteiger partial charge in [-0.15, -0.1) is 0 Å². The molecule has 0 bridgehead atoms. The molecule has 4 rings (SSSR count). The summed E-state index contributed by atoms with van der Waals surface area (Å²) in [5.74, 6) is 1.52. The first kappa shape index (κ1) is 17.6. The molecule has 27 heavy (non-hydrogen) atoms. The fourth-order valence-electron chi connectivity index (χ4n) is 4.40. The van der Waals surface area contributed by atoms with Crippen LogP contribution < -0.4 is 9.80 Å². The molecule has 8 heteroatoms. The summed E-state index contributed by atoms with van der Waals surface area (Å²) >= 11 is 0. The maximum Gasteiger partial charge on any atom is 0.232 e. The second-order valence-electron chi connectivity index (χ2n) is 7.66. The van der Waals surface area contributed by atoms with E-state index in [9.17, 15) is 4.79 Å². The Balaban J connectivity index is 1.73. The van der Waals surface area contributed by atoms with Gasteiger partial charge in [-0.05, 0) is 31.4 Å². The molecule has 0 unspecified atom stereocenters. The van der Waals surface area contributed by atoms with Crippen LogP contribution in [-0.4, -0.2) is 70.5 Å². The Morgan fingerprint density at radius 3 is 2.52 bits per heavy atom. The van der Waals surface area contributed by atoms with Crippen molar-refractivity contribution in [3.8, 4) is 0 Å². The quantitative estimate of drug-likeness (QED) is 0.805. The van der Waals surface area contributed by atoms with Crippen molar-refractivity contribution in [1.82, 2.24) is 24.8 Å². The van der Waals surface area contributed by atoms with Gasteiger partial charge in [0.25, 0.3) is 0 Å². The minimum absolute atomic E-state index is 0.00606. The van der Waals surface area contributed by atoms with Gasteiger partial charge in [0.05, 0.1) is 11.5 Å². The van der Waals surface area contributed by atoms with E-state index in [0.29, 0.717) is 25.0 Å². The second-order valence-corrected chi connectivity index (χ2v) is 7.66. The predicted molar refractivity (Wildman–Crippen MR) is 103 cm³/mol. The molecule has 2 aliphatic heterocycles. The molecule has 142 valence electrons. The summed E-state index contributed by atoms with van der Waals surface area (Å²) in [6.07, 6.45) is 8.92. The molecule has 4 heterocycles. The molecule has 8 nitrogen and oxygen atoms in total. The van der Waals surface area contributed by atoms with E-state index in [2.05, 4.69) is 29.7 Å². The third-order valence-corrected chi connectivity index (χ3v) is 5.59. The number of anilines is 2. The normalized spacial score (nSPS) is 24.6. The minimum atomic E-state index is -0.505. The Morgan fingerprint density at radius 1 is 1.15 bits per heavy atom. The van der Waals surface area contributed by atoms with Crippen LogP contribution in [0.3, 0.4) is 0 Å². The SMILES string of the molecule is Cc1cnc(N2C[C@H]3N(c4ncccn4)CCC[C@@]3(C(=O)N(C)C)C2)nc1. The summed E-state index contributed by atoms with van der Waals surface area (Å²) in [4.78, 5) is 37.2. The molecule has 0 spiro atoms. The van der Waals surface area contributed by atoms with Gasteiger partial charge < -0.3 is 14.7 Å². The summed E-state index contributed by atoms with van der Waals surface area (Å²) in [6.45, 7) is 4.11. The lowest BCUT2D eigenvalue weighted by Crippen LogP contribution is -2.58. The topological polar surface area (TPSA) is 78.4 Å². The summed E-state index contributed by atoms with van der Waals surface area (Å²) in [6, 6.07) is 1.81. The number of fused-ring (bicyclic) bond motifs is 1. The van der Waals surface area contributed by atoms with E-state index >= 15 is 0 Å². The molecule has 0 aromatic carbocycles. The highest BCUT2D eigenvalue weighted by molar-refractivity contribution is 5.86. The Kier molecular flexibility index (Phi) is 4.41. The van der Waals surface area contributed by atoms with E-state index in [1.54, 1.807) is 17.3 Å². The van der Waals surface area contributed by atoms with Crippen LogP contribution in [-0.2, 0) is 4.79 Å². The van der Waals surface area contributed by atoms with Crippen molar-refractivity contribution in [2.24, 2.45) is 5.41 Å². The van der Waals surface area contributed by atoms with Crippen LogP contribution in [0.15, 0.2) is 30.9 Å². The van der Waals surface area contributed by atoms with Gasteiger partial charge in [-0.25, -0.2) is 19.9 Å². The van der Waals surface area contributed by atoms with Crippen molar-refractivity contribution >= 4 is 17.8 Å². The van der Waals surface area contributed by atoms with Crippen LogP contribution in [0.5, 0.6) is 0 Å².